The number of rotatable bonds is 5. The van der Waals surface area contributed by atoms with Crippen molar-refractivity contribution in [1.82, 2.24) is 4.98 Å². The van der Waals surface area contributed by atoms with E-state index in [4.69, 9.17) is 14.2 Å². The molecule has 2 heterocycles. The molecule has 1 saturated heterocycles. The van der Waals surface area contributed by atoms with Crippen LogP contribution in [0.25, 0.3) is 0 Å². The molecule has 24 heavy (non-hydrogen) atoms. The molecule has 1 atom stereocenters. The first-order valence-corrected chi connectivity index (χ1v) is 8.64. The van der Waals surface area contributed by atoms with Crippen LogP contribution < -0.4 is 4.74 Å². The SMILES string of the molecule is CCOC(=O)CC1COC2=CC(=COc3cccc(Br)n3)CC=C21. The number of fused-ring (bicyclic) bond motifs is 1. The second-order valence-corrected chi connectivity index (χ2v) is 6.31. The summed E-state index contributed by atoms with van der Waals surface area (Å²) < 4.78 is 17.1. The summed E-state index contributed by atoms with van der Waals surface area (Å²) in [5.74, 6) is 1.23. The van der Waals surface area contributed by atoms with Gasteiger partial charge in [0, 0.05) is 12.0 Å². The highest BCUT2D eigenvalue weighted by molar-refractivity contribution is 9.10. The van der Waals surface area contributed by atoms with Gasteiger partial charge in [-0.3, -0.25) is 4.79 Å². The van der Waals surface area contributed by atoms with E-state index < -0.39 is 0 Å². The smallest absolute Gasteiger partial charge is 0.306 e. The molecule has 0 saturated carbocycles. The number of aromatic nitrogens is 1. The van der Waals surface area contributed by atoms with Crippen LogP contribution in [-0.2, 0) is 14.3 Å². The quantitative estimate of drug-likeness (QED) is 0.432. The number of hydrogen-bond donors (Lipinski definition) is 0. The van der Waals surface area contributed by atoms with Crippen molar-refractivity contribution in [2.75, 3.05) is 13.2 Å². The summed E-state index contributed by atoms with van der Waals surface area (Å²) >= 11 is 3.31. The number of hydrogen-bond acceptors (Lipinski definition) is 5. The molecule has 0 aromatic carbocycles. The predicted octanol–water partition coefficient (Wildman–Crippen LogP) is 3.92. The third-order valence-corrected chi connectivity index (χ3v) is 4.22. The van der Waals surface area contributed by atoms with E-state index in [1.54, 1.807) is 12.3 Å². The van der Waals surface area contributed by atoms with E-state index in [1.165, 1.54) is 0 Å². The molecule has 0 radical (unpaired) electrons. The lowest BCUT2D eigenvalue weighted by Gasteiger charge is -2.13. The molecule has 0 amide bonds. The van der Waals surface area contributed by atoms with E-state index in [0.29, 0.717) is 25.5 Å². The van der Waals surface area contributed by atoms with Crippen LogP contribution in [0.2, 0.25) is 0 Å². The fourth-order valence-electron chi connectivity index (χ4n) is 2.68. The van der Waals surface area contributed by atoms with Crippen LogP contribution in [0.4, 0.5) is 0 Å². The number of ether oxygens (including phenoxy) is 3. The summed E-state index contributed by atoms with van der Waals surface area (Å²) in [5, 5.41) is 0. The minimum absolute atomic E-state index is 0.0736. The first-order chi connectivity index (χ1) is 11.7. The molecular weight excluding hydrogens is 374 g/mol. The number of esters is 1. The van der Waals surface area contributed by atoms with Gasteiger partial charge in [-0.05, 0) is 52.6 Å². The summed E-state index contributed by atoms with van der Waals surface area (Å²) in [6.07, 6.45) is 6.81. The average Bonchev–Trinajstić information content (AvgIpc) is 2.95. The third kappa shape index (κ3) is 4.06. The number of halogens is 1. The molecule has 6 heteroatoms. The summed E-state index contributed by atoms with van der Waals surface area (Å²) in [6.45, 7) is 2.73. The monoisotopic (exact) mass is 391 g/mol. The van der Waals surface area contributed by atoms with Gasteiger partial charge in [0.1, 0.15) is 10.4 Å². The minimum Gasteiger partial charge on any atom is -0.493 e. The molecule has 0 bridgehead atoms. The lowest BCUT2D eigenvalue weighted by atomic mass is 9.91. The largest absolute Gasteiger partial charge is 0.493 e. The Bertz CT molecular complexity index is 723. The molecule has 1 fully saturated rings. The maximum absolute atomic E-state index is 11.7. The molecule has 2 aliphatic rings. The highest BCUT2D eigenvalue weighted by Crippen LogP contribution is 2.37. The lowest BCUT2D eigenvalue weighted by Crippen LogP contribution is -2.13. The molecule has 0 spiro atoms. The zero-order valence-electron chi connectivity index (χ0n) is 13.3. The van der Waals surface area contributed by atoms with Crippen LogP contribution in [0, 0.1) is 5.92 Å². The second kappa shape index (κ2) is 7.66. The van der Waals surface area contributed by atoms with Gasteiger partial charge in [0.2, 0.25) is 5.88 Å². The number of carbonyl (C=O) groups excluding carboxylic acids is 1. The summed E-state index contributed by atoms with van der Waals surface area (Å²) in [4.78, 5) is 15.9. The van der Waals surface area contributed by atoms with E-state index in [-0.39, 0.29) is 11.9 Å². The maximum atomic E-state index is 11.7. The number of pyridine rings is 1. The van der Waals surface area contributed by atoms with Crippen LogP contribution >= 0.6 is 15.9 Å². The maximum Gasteiger partial charge on any atom is 0.306 e. The third-order valence-electron chi connectivity index (χ3n) is 3.78. The Morgan fingerprint density at radius 3 is 3.17 bits per heavy atom. The fraction of sp³-hybridized carbons (Fsp3) is 0.333. The number of nitrogens with zero attached hydrogens (tertiary/aromatic N) is 1. The molecule has 126 valence electrons. The van der Waals surface area contributed by atoms with Gasteiger partial charge in [-0.15, -0.1) is 0 Å². The molecular formula is C18H18BrNO4. The van der Waals surface area contributed by atoms with Gasteiger partial charge in [-0.25, -0.2) is 4.98 Å². The standard InChI is InChI=1S/C18H18BrNO4/c1-2-22-18(21)9-13-11-23-15-8-12(6-7-14(13)15)10-24-17-5-3-4-16(19)20-17/h3-5,7-8,10,13H,2,6,9,11H2,1H3. The number of allylic oxidation sites excluding steroid dienone is 4. The summed E-state index contributed by atoms with van der Waals surface area (Å²) in [6, 6.07) is 5.50. The zero-order valence-corrected chi connectivity index (χ0v) is 14.9. The predicted molar refractivity (Wildman–Crippen MR) is 92.1 cm³/mol. The summed E-state index contributed by atoms with van der Waals surface area (Å²) in [7, 11) is 0. The van der Waals surface area contributed by atoms with Crippen molar-refractivity contribution in [3.63, 3.8) is 0 Å². The molecule has 1 aromatic heterocycles. The van der Waals surface area contributed by atoms with Gasteiger partial charge in [-0.1, -0.05) is 12.1 Å². The topological polar surface area (TPSA) is 57.7 Å². The van der Waals surface area contributed by atoms with E-state index in [2.05, 4.69) is 27.0 Å². The van der Waals surface area contributed by atoms with E-state index >= 15 is 0 Å². The number of carbonyl (C=O) groups is 1. The molecule has 1 aliphatic carbocycles. The van der Waals surface area contributed by atoms with Gasteiger partial charge in [0.25, 0.3) is 0 Å². The normalized spacial score (nSPS) is 20.8. The van der Waals surface area contributed by atoms with Crippen LogP contribution in [0.15, 0.2) is 58.1 Å². The highest BCUT2D eigenvalue weighted by atomic mass is 79.9. The Morgan fingerprint density at radius 1 is 1.50 bits per heavy atom. The molecule has 1 aliphatic heterocycles. The molecule has 3 rings (SSSR count). The van der Waals surface area contributed by atoms with Crippen molar-refractivity contribution >= 4 is 21.9 Å². The Labute approximate surface area is 149 Å². The van der Waals surface area contributed by atoms with Gasteiger partial charge >= 0.3 is 5.97 Å². The Morgan fingerprint density at radius 2 is 2.38 bits per heavy atom. The Hall–Kier alpha value is -2.08. The van der Waals surface area contributed by atoms with Gasteiger partial charge in [-0.2, -0.15) is 0 Å². The Balaban J connectivity index is 1.63. The van der Waals surface area contributed by atoms with Crippen LogP contribution in [0.5, 0.6) is 5.88 Å². The zero-order chi connectivity index (χ0) is 16.9. The van der Waals surface area contributed by atoms with Crippen molar-refractivity contribution in [1.29, 1.82) is 0 Å². The van der Waals surface area contributed by atoms with Gasteiger partial charge in [0.15, 0.2) is 0 Å². The average molecular weight is 392 g/mol. The van der Waals surface area contributed by atoms with Crippen molar-refractivity contribution in [3.05, 3.63) is 58.1 Å². The van der Waals surface area contributed by atoms with Gasteiger partial charge in [0.05, 0.1) is 25.9 Å². The minimum atomic E-state index is -0.182. The second-order valence-electron chi connectivity index (χ2n) is 5.50. The Kier molecular flexibility index (Phi) is 5.35. The first-order valence-electron chi connectivity index (χ1n) is 7.84. The summed E-state index contributed by atoms with van der Waals surface area (Å²) in [5.41, 5.74) is 2.08. The van der Waals surface area contributed by atoms with Crippen LogP contribution in [0.3, 0.4) is 0 Å². The van der Waals surface area contributed by atoms with Crippen molar-refractivity contribution in [2.24, 2.45) is 5.92 Å². The van der Waals surface area contributed by atoms with Crippen molar-refractivity contribution in [2.45, 2.75) is 19.8 Å². The molecule has 1 unspecified atom stereocenters. The van der Waals surface area contributed by atoms with Crippen LogP contribution in [0.1, 0.15) is 19.8 Å². The van der Waals surface area contributed by atoms with E-state index in [9.17, 15) is 4.79 Å². The van der Waals surface area contributed by atoms with Crippen molar-refractivity contribution < 1.29 is 19.0 Å². The molecule has 1 aromatic rings. The fourth-order valence-corrected chi connectivity index (χ4v) is 3.00. The van der Waals surface area contributed by atoms with Crippen LogP contribution in [-0.4, -0.2) is 24.2 Å². The lowest BCUT2D eigenvalue weighted by molar-refractivity contribution is -0.144. The van der Waals surface area contributed by atoms with E-state index in [1.807, 2.05) is 25.1 Å². The molecule has 5 nitrogen and oxygen atoms in total. The first kappa shape index (κ1) is 16.8. The van der Waals surface area contributed by atoms with E-state index in [0.717, 1.165) is 27.9 Å². The highest BCUT2D eigenvalue weighted by Gasteiger charge is 2.31. The van der Waals surface area contributed by atoms with Crippen molar-refractivity contribution in [3.8, 4) is 5.88 Å². The van der Waals surface area contributed by atoms with Gasteiger partial charge < -0.3 is 14.2 Å². The molecule has 0 N–H and O–H groups in total.